The predicted molar refractivity (Wildman–Crippen MR) is 82.1 cm³/mol. The summed E-state index contributed by atoms with van der Waals surface area (Å²) in [6.07, 6.45) is 0. The molecule has 2 aromatic carbocycles. The molecule has 3 aromatic rings. The van der Waals surface area contributed by atoms with Crippen LogP contribution in [-0.4, -0.2) is 18.6 Å². The number of nitrogens with zero attached hydrogens (tertiary/aromatic N) is 2. The lowest BCUT2D eigenvalue weighted by atomic mass is 10.2. The molecular formula is C15H11ClN2O3S. The molecule has 7 heteroatoms. The number of halogens is 1. The zero-order chi connectivity index (χ0) is 15.6. The predicted octanol–water partition coefficient (Wildman–Crippen LogP) is 3.36. The second-order valence-corrected chi connectivity index (χ2v) is 7.01. The van der Waals surface area contributed by atoms with Crippen molar-refractivity contribution in [3.63, 3.8) is 0 Å². The van der Waals surface area contributed by atoms with E-state index in [4.69, 9.17) is 16.0 Å². The van der Waals surface area contributed by atoms with Crippen molar-refractivity contribution < 1.29 is 12.8 Å². The van der Waals surface area contributed by atoms with Gasteiger partial charge in [-0.3, -0.25) is 0 Å². The molecule has 1 aromatic heterocycles. The lowest BCUT2D eigenvalue weighted by molar-refractivity contribution is 0.518. The third kappa shape index (κ3) is 3.18. The second-order valence-electron chi connectivity index (χ2n) is 4.58. The van der Waals surface area contributed by atoms with Crippen LogP contribution in [0.4, 0.5) is 0 Å². The third-order valence-electron chi connectivity index (χ3n) is 2.97. The highest BCUT2D eigenvalue weighted by atomic mass is 35.5. The van der Waals surface area contributed by atoms with Crippen LogP contribution in [0.2, 0.25) is 5.02 Å². The third-order valence-corrected chi connectivity index (χ3v) is 4.84. The number of benzene rings is 2. The maximum atomic E-state index is 12.3. The van der Waals surface area contributed by atoms with E-state index in [9.17, 15) is 8.42 Å². The maximum Gasteiger partial charge on any atom is 0.247 e. The molecular weight excluding hydrogens is 324 g/mol. The summed E-state index contributed by atoms with van der Waals surface area (Å²) in [6.45, 7) is 0. The Bertz CT molecular complexity index is 875. The van der Waals surface area contributed by atoms with Crippen LogP contribution in [0.3, 0.4) is 0 Å². The van der Waals surface area contributed by atoms with Gasteiger partial charge in [0, 0.05) is 10.6 Å². The summed E-state index contributed by atoms with van der Waals surface area (Å²) in [5.74, 6) is -0.00946. The molecule has 3 rings (SSSR count). The summed E-state index contributed by atoms with van der Waals surface area (Å²) in [5.41, 5.74) is 0.741. The molecule has 0 unspecified atom stereocenters. The van der Waals surface area contributed by atoms with E-state index >= 15 is 0 Å². The van der Waals surface area contributed by atoms with E-state index in [-0.39, 0.29) is 16.5 Å². The quantitative estimate of drug-likeness (QED) is 0.731. The molecule has 112 valence electrons. The van der Waals surface area contributed by atoms with Crippen molar-refractivity contribution in [2.45, 2.75) is 10.6 Å². The average molecular weight is 335 g/mol. The van der Waals surface area contributed by atoms with Gasteiger partial charge in [0.25, 0.3) is 0 Å². The second kappa shape index (κ2) is 5.90. The highest BCUT2D eigenvalue weighted by Gasteiger charge is 2.20. The topological polar surface area (TPSA) is 73.1 Å². The van der Waals surface area contributed by atoms with Gasteiger partial charge in [-0.25, -0.2) is 8.42 Å². The van der Waals surface area contributed by atoms with E-state index in [0.717, 1.165) is 5.56 Å². The van der Waals surface area contributed by atoms with E-state index in [2.05, 4.69) is 10.2 Å². The normalized spacial score (nSPS) is 11.5. The molecule has 5 nitrogen and oxygen atoms in total. The molecule has 22 heavy (non-hydrogen) atoms. The molecule has 0 radical (unpaired) electrons. The highest BCUT2D eigenvalue weighted by molar-refractivity contribution is 7.90. The molecule has 0 aliphatic carbocycles. The monoisotopic (exact) mass is 334 g/mol. The van der Waals surface area contributed by atoms with Crippen molar-refractivity contribution in [2.24, 2.45) is 0 Å². The summed E-state index contributed by atoms with van der Waals surface area (Å²) in [6, 6.07) is 15.1. The van der Waals surface area contributed by atoms with E-state index in [0.29, 0.717) is 10.9 Å². The molecule has 0 spiro atoms. The summed E-state index contributed by atoms with van der Waals surface area (Å²) in [7, 11) is -3.55. The first-order chi connectivity index (χ1) is 10.5. The van der Waals surface area contributed by atoms with Gasteiger partial charge in [0.15, 0.2) is 9.84 Å². The van der Waals surface area contributed by atoms with Gasteiger partial charge in [0.05, 0.1) is 4.90 Å². The minimum Gasteiger partial charge on any atom is -0.420 e. The van der Waals surface area contributed by atoms with Crippen molar-refractivity contribution in [1.29, 1.82) is 0 Å². The first-order valence-corrected chi connectivity index (χ1v) is 8.44. The minimum atomic E-state index is -3.55. The molecule has 0 amide bonds. The Hall–Kier alpha value is -2.18. The number of sulfone groups is 1. The van der Waals surface area contributed by atoms with Gasteiger partial charge in [-0.15, -0.1) is 10.2 Å². The molecule has 0 aliphatic heterocycles. The number of aromatic nitrogens is 2. The van der Waals surface area contributed by atoms with E-state index in [1.807, 2.05) is 30.3 Å². The molecule has 0 fully saturated rings. The van der Waals surface area contributed by atoms with Crippen LogP contribution in [0.1, 0.15) is 5.89 Å². The maximum absolute atomic E-state index is 12.3. The Balaban J connectivity index is 1.84. The number of hydrogen-bond acceptors (Lipinski definition) is 5. The van der Waals surface area contributed by atoms with Crippen molar-refractivity contribution in [3.05, 3.63) is 65.5 Å². The molecule has 0 saturated heterocycles. The molecule has 0 saturated carbocycles. The lowest BCUT2D eigenvalue weighted by Gasteiger charge is -2.01. The molecule has 0 bridgehead atoms. The summed E-state index contributed by atoms with van der Waals surface area (Å²) in [5, 5.41) is 8.15. The Kier molecular flexibility index (Phi) is 3.96. The summed E-state index contributed by atoms with van der Waals surface area (Å²) in [4.78, 5) is 0.163. The van der Waals surface area contributed by atoms with Gasteiger partial charge in [-0.1, -0.05) is 29.8 Å². The standard InChI is InChI=1S/C15H11ClN2O3S/c16-12-6-8-13(9-7-12)22(19,20)10-14-17-18-15(21-14)11-4-2-1-3-5-11/h1-9H,10H2. The Morgan fingerprint density at radius 1 is 0.955 bits per heavy atom. The highest BCUT2D eigenvalue weighted by Crippen LogP contribution is 2.21. The fraction of sp³-hybridized carbons (Fsp3) is 0.0667. The average Bonchev–Trinajstić information content (AvgIpc) is 2.96. The Labute approximate surface area is 132 Å². The van der Waals surface area contributed by atoms with Crippen LogP contribution in [0.25, 0.3) is 11.5 Å². The summed E-state index contributed by atoms with van der Waals surface area (Å²) >= 11 is 5.76. The van der Waals surface area contributed by atoms with Gasteiger partial charge >= 0.3 is 0 Å². The van der Waals surface area contributed by atoms with Crippen LogP contribution < -0.4 is 0 Å². The van der Waals surface area contributed by atoms with Crippen LogP contribution >= 0.6 is 11.6 Å². The zero-order valence-corrected chi connectivity index (χ0v) is 12.9. The van der Waals surface area contributed by atoms with Crippen LogP contribution in [0.15, 0.2) is 63.9 Å². The molecule has 0 N–H and O–H groups in total. The SMILES string of the molecule is O=S(=O)(Cc1nnc(-c2ccccc2)o1)c1ccc(Cl)cc1. The molecule has 0 aliphatic rings. The van der Waals surface area contributed by atoms with Crippen LogP contribution in [-0.2, 0) is 15.6 Å². The Morgan fingerprint density at radius 3 is 2.32 bits per heavy atom. The van der Waals surface area contributed by atoms with Crippen LogP contribution in [0, 0.1) is 0 Å². The van der Waals surface area contributed by atoms with Gasteiger partial charge in [-0.2, -0.15) is 0 Å². The minimum absolute atomic E-state index is 0.0498. The fourth-order valence-corrected chi connectivity index (χ4v) is 3.18. The first kappa shape index (κ1) is 14.7. The van der Waals surface area contributed by atoms with E-state index < -0.39 is 9.84 Å². The van der Waals surface area contributed by atoms with Gasteiger partial charge in [0.1, 0.15) is 5.75 Å². The van der Waals surface area contributed by atoms with E-state index in [1.54, 1.807) is 0 Å². The van der Waals surface area contributed by atoms with Gasteiger partial charge < -0.3 is 4.42 Å². The first-order valence-electron chi connectivity index (χ1n) is 6.41. The number of rotatable bonds is 4. The largest absolute Gasteiger partial charge is 0.420 e. The Morgan fingerprint density at radius 2 is 1.64 bits per heavy atom. The van der Waals surface area contributed by atoms with Crippen molar-refractivity contribution in [3.8, 4) is 11.5 Å². The molecule has 0 atom stereocenters. The summed E-state index contributed by atoms with van der Waals surface area (Å²) < 4.78 is 30.0. The fourth-order valence-electron chi connectivity index (χ4n) is 1.90. The zero-order valence-electron chi connectivity index (χ0n) is 11.3. The van der Waals surface area contributed by atoms with Crippen LogP contribution in [0.5, 0.6) is 0 Å². The molecule has 1 heterocycles. The van der Waals surface area contributed by atoms with E-state index in [1.165, 1.54) is 24.3 Å². The van der Waals surface area contributed by atoms with Gasteiger partial charge in [-0.05, 0) is 36.4 Å². The smallest absolute Gasteiger partial charge is 0.247 e. The van der Waals surface area contributed by atoms with Crippen molar-refractivity contribution in [2.75, 3.05) is 0 Å². The number of hydrogen-bond donors (Lipinski definition) is 0. The van der Waals surface area contributed by atoms with Crippen molar-refractivity contribution in [1.82, 2.24) is 10.2 Å². The van der Waals surface area contributed by atoms with Crippen molar-refractivity contribution >= 4 is 21.4 Å². The van der Waals surface area contributed by atoms with Gasteiger partial charge in [0.2, 0.25) is 11.8 Å². The lowest BCUT2D eigenvalue weighted by Crippen LogP contribution is -2.05.